The van der Waals surface area contributed by atoms with Gasteiger partial charge in [0.25, 0.3) is 0 Å². The Morgan fingerprint density at radius 1 is 1.25 bits per heavy atom. The second kappa shape index (κ2) is 6.62. The van der Waals surface area contributed by atoms with Crippen molar-refractivity contribution in [3.63, 3.8) is 0 Å². The molecule has 0 unspecified atom stereocenters. The summed E-state index contributed by atoms with van der Waals surface area (Å²) in [6.07, 6.45) is 1.20. The Balaban J connectivity index is 2.18. The fourth-order valence-electron chi connectivity index (χ4n) is 2.09. The zero-order chi connectivity index (χ0) is 14.6. The standard InChI is InChI=1S/C13H18N2O3S2/c14-13(19)10-11-2-4-12(5-3-11)20(16,17)15-6-1-8-18-9-7-15/h2-5H,1,6-10H2,(H2,14,19). The number of rotatable bonds is 4. The minimum atomic E-state index is -3.44. The van der Waals surface area contributed by atoms with Gasteiger partial charge in [0.05, 0.1) is 16.5 Å². The summed E-state index contributed by atoms with van der Waals surface area (Å²) >= 11 is 4.84. The summed E-state index contributed by atoms with van der Waals surface area (Å²) in [5.41, 5.74) is 6.39. The van der Waals surface area contributed by atoms with Crippen LogP contribution >= 0.6 is 12.2 Å². The molecule has 0 aromatic heterocycles. The van der Waals surface area contributed by atoms with Crippen molar-refractivity contribution in [2.45, 2.75) is 17.7 Å². The van der Waals surface area contributed by atoms with Gasteiger partial charge in [-0.3, -0.25) is 0 Å². The SMILES string of the molecule is NC(=S)Cc1ccc(S(=O)(=O)N2CCCOCC2)cc1. The first kappa shape index (κ1) is 15.4. The summed E-state index contributed by atoms with van der Waals surface area (Å²) in [6, 6.07) is 6.71. The lowest BCUT2D eigenvalue weighted by Gasteiger charge is -2.19. The Bertz CT molecular complexity index is 562. The lowest BCUT2D eigenvalue weighted by molar-refractivity contribution is 0.148. The molecule has 1 aliphatic rings. The number of nitrogens with two attached hydrogens (primary N) is 1. The van der Waals surface area contributed by atoms with Crippen LogP contribution in [-0.4, -0.2) is 44.0 Å². The van der Waals surface area contributed by atoms with Crippen molar-refractivity contribution in [1.82, 2.24) is 4.31 Å². The Morgan fingerprint density at radius 2 is 1.95 bits per heavy atom. The quantitative estimate of drug-likeness (QED) is 0.837. The highest BCUT2D eigenvalue weighted by Gasteiger charge is 2.25. The van der Waals surface area contributed by atoms with Gasteiger partial charge in [0.2, 0.25) is 10.0 Å². The monoisotopic (exact) mass is 314 g/mol. The van der Waals surface area contributed by atoms with Gasteiger partial charge in [-0.1, -0.05) is 24.4 Å². The molecule has 0 radical (unpaired) electrons. The smallest absolute Gasteiger partial charge is 0.243 e. The predicted octanol–water partition coefficient (Wildman–Crippen LogP) is 0.926. The first-order chi connectivity index (χ1) is 9.50. The Labute approximate surface area is 124 Å². The predicted molar refractivity (Wildman–Crippen MR) is 81.1 cm³/mol. The summed E-state index contributed by atoms with van der Waals surface area (Å²) in [6.45, 7) is 1.95. The summed E-state index contributed by atoms with van der Waals surface area (Å²) in [7, 11) is -3.44. The second-order valence-electron chi connectivity index (χ2n) is 4.66. The van der Waals surface area contributed by atoms with Gasteiger partial charge in [-0.05, 0) is 24.1 Å². The van der Waals surface area contributed by atoms with Crippen LogP contribution < -0.4 is 5.73 Å². The molecule has 1 aromatic rings. The zero-order valence-electron chi connectivity index (χ0n) is 11.1. The van der Waals surface area contributed by atoms with Gasteiger partial charge in [0.15, 0.2) is 0 Å². The van der Waals surface area contributed by atoms with Crippen molar-refractivity contribution >= 4 is 27.2 Å². The van der Waals surface area contributed by atoms with Crippen LogP contribution in [0.1, 0.15) is 12.0 Å². The van der Waals surface area contributed by atoms with Gasteiger partial charge < -0.3 is 10.5 Å². The molecule has 0 amide bonds. The molecule has 5 nitrogen and oxygen atoms in total. The number of nitrogens with zero attached hydrogens (tertiary/aromatic N) is 1. The molecule has 0 bridgehead atoms. The molecule has 0 aliphatic carbocycles. The zero-order valence-corrected chi connectivity index (χ0v) is 12.8. The maximum absolute atomic E-state index is 12.5. The third kappa shape index (κ3) is 3.76. The number of hydrogen-bond acceptors (Lipinski definition) is 4. The molecule has 1 saturated heterocycles. The number of thiocarbonyl (C=S) groups is 1. The minimum absolute atomic E-state index is 0.297. The largest absolute Gasteiger partial charge is 0.393 e. The first-order valence-corrected chi connectivity index (χ1v) is 8.30. The van der Waals surface area contributed by atoms with Gasteiger partial charge in [0.1, 0.15) is 0 Å². The van der Waals surface area contributed by atoms with Crippen LogP contribution in [0.15, 0.2) is 29.2 Å². The highest BCUT2D eigenvalue weighted by atomic mass is 32.2. The normalized spacial score (nSPS) is 17.6. The van der Waals surface area contributed by atoms with Gasteiger partial charge in [-0.25, -0.2) is 8.42 Å². The lowest BCUT2D eigenvalue weighted by Crippen LogP contribution is -2.33. The maximum Gasteiger partial charge on any atom is 0.243 e. The highest BCUT2D eigenvalue weighted by molar-refractivity contribution is 7.89. The van der Waals surface area contributed by atoms with Crippen LogP contribution in [0.3, 0.4) is 0 Å². The first-order valence-electron chi connectivity index (χ1n) is 6.45. The van der Waals surface area contributed by atoms with E-state index in [2.05, 4.69) is 0 Å². The van der Waals surface area contributed by atoms with E-state index in [4.69, 9.17) is 22.7 Å². The number of benzene rings is 1. The molecule has 0 spiro atoms. The van der Waals surface area contributed by atoms with Crippen molar-refractivity contribution in [1.29, 1.82) is 0 Å². The van der Waals surface area contributed by atoms with Crippen molar-refractivity contribution in [3.8, 4) is 0 Å². The molecule has 0 atom stereocenters. The van der Waals surface area contributed by atoms with E-state index in [1.165, 1.54) is 4.31 Å². The average Bonchev–Trinajstić information content (AvgIpc) is 2.68. The molecule has 2 N–H and O–H groups in total. The van der Waals surface area contributed by atoms with Crippen LogP contribution in [0.2, 0.25) is 0 Å². The number of hydrogen-bond donors (Lipinski definition) is 1. The Morgan fingerprint density at radius 3 is 2.60 bits per heavy atom. The van der Waals surface area contributed by atoms with Crippen LogP contribution in [0.4, 0.5) is 0 Å². The summed E-state index contributed by atoms with van der Waals surface area (Å²) in [5, 5.41) is 0. The summed E-state index contributed by atoms with van der Waals surface area (Å²) in [4.78, 5) is 0.691. The molecule has 20 heavy (non-hydrogen) atoms. The third-order valence-electron chi connectivity index (χ3n) is 3.12. The average molecular weight is 314 g/mol. The van der Waals surface area contributed by atoms with E-state index in [1.54, 1.807) is 24.3 Å². The van der Waals surface area contributed by atoms with Crippen LogP contribution in [0.25, 0.3) is 0 Å². The fraction of sp³-hybridized carbons (Fsp3) is 0.462. The van der Waals surface area contributed by atoms with Gasteiger partial charge in [-0.15, -0.1) is 0 Å². The van der Waals surface area contributed by atoms with Crippen LogP contribution in [-0.2, 0) is 21.2 Å². The van der Waals surface area contributed by atoms with E-state index in [0.29, 0.717) is 42.6 Å². The van der Waals surface area contributed by atoms with E-state index in [9.17, 15) is 8.42 Å². The van der Waals surface area contributed by atoms with E-state index in [0.717, 1.165) is 12.0 Å². The van der Waals surface area contributed by atoms with Gasteiger partial charge in [0, 0.05) is 26.1 Å². The van der Waals surface area contributed by atoms with Crippen molar-refractivity contribution in [2.24, 2.45) is 5.73 Å². The molecular weight excluding hydrogens is 296 g/mol. The number of sulfonamides is 1. The van der Waals surface area contributed by atoms with E-state index >= 15 is 0 Å². The molecule has 0 saturated carbocycles. The number of ether oxygens (including phenoxy) is 1. The van der Waals surface area contributed by atoms with E-state index in [1.807, 2.05) is 0 Å². The molecule has 2 rings (SSSR count). The molecule has 7 heteroatoms. The van der Waals surface area contributed by atoms with E-state index in [-0.39, 0.29) is 0 Å². The molecule has 110 valence electrons. The molecule has 1 aromatic carbocycles. The van der Waals surface area contributed by atoms with Crippen LogP contribution in [0.5, 0.6) is 0 Å². The lowest BCUT2D eigenvalue weighted by atomic mass is 10.1. The minimum Gasteiger partial charge on any atom is -0.393 e. The van der Waals surface area contributed by atoms with Crippen molar-refractivity contribution in [2.75, 3.05) is 26.3 Å². The van der Waals surface area contributed by atoms with Gasteiger partial charge in [-0.2, -0.15) is 4.31 Å². The van der Waals surface area contributed by atoms with Crippen LogP contribution in [0, 0.1) is 0 Å². The fourth-order valence-corrected chi connectivity index (χ4v) is 3.72. The molecular formula is C13H18N2O3S2. The molecule has 1 heterocycles. The summed E-state index contributed by atoms with van der Waals surface area (Å²) in [5.74, 6) is 0. The molecule has 1 fully saturated rings. The molecule has 1 aliphatic heterocycles. The van der Waals surface area contributed by atoms with Crippen molar-refractivity contribution < 1.29 is 13.2 Å². The van der Waals surface area contributed by atoms with Crippen molar-refractivity contribution in [3.05, 3.63) is 29.8 Å². The Kier molecular flexibility index (Phi) is 5.09. The topological polar surface area (TPSA) is 72.6 Å². The Hall–Kier alpha value is -1.02. The third-order valence-corrected chi connectivity index (χ3v) is 5.18. The highest BCUT2D eigenvalue weighted by Crippen LogP contribution is 2.18. The summed E-state index contributed by atoms with van der Waals surface area (Å²) < 4.78 is 31.7. The van der Waals surface area contributed by atoms with E-state index < -0.39 is 10.0 Å². The maximum atomic E-state index is 12.5. The van der Waals surface area contributed by atoms with Gasteiger partial charge >= 0.3 is 0 Å². The second-order valence-corrected chi connectivity index (χ2v) is 7.12.